The quantitative estimate of drug-likeness (QED) is 0.415. The van der Waals surface area contributed by atoms with Crippen molar-refractivity contribution < 1.29 is 28.5 Å². The lowest BCUT2D eigenvalue weighted by atomic mass is 10.3. The van der Waals surface area contributed by atoms with Crippen LogP contribution in [0.25, 0.3) is 0 Å². The van der Waals surface area contributed by atoms with E-state index >= 15 is 0 Å². The minimum atomic E-state index is -0.333. The van der Waals surface area contributed by atoms with Crippen molar-refractivity contribution in [1.82, 2.24) is 0 Å². The lowest BCUT2D eigenvalue weighted by Gasteiger charge is -2.08. The number of benzene rings is 1. The van der Waals surface area contributed by atoms with Crippen LogP contribution in [0, 0.1) is 0 Å². The van der Waals surface area contributed by atoms with Crippen molar-refractivity contribution in [3.05, 3.63) is 24.3 Å². The maximum Gasteiger partial charge on any atom is 0.302 e. The highest BCUT2D eigenvalue weighted by molar-refractivity contribution is 5.65. The van der Waals surface area contributed by atoms with Gasteiger partial charge in [0.2, 0.25) is 0 Å². The Morgan fingerprint density at radius 3 is 2.63 bits per heavy atom. The van der Waals surface area contributed by atoms with Crippen molar-refractivity contribution >= 4 is 12.4 Å². The van der Waals surface area contributed by atoms with E-state index in [4.69, 9.17) is 18.9 Å². The lowest BCUT2D eigenvalue weighted by Crippen LogP contribution is -2.13. The molecule has 0 N–H and O–H groups in total. The third-order valence-corrected chi connectivity index (χ3v) is 2.57. The summed E-state index contributed by atoms with van der Waals surface area (Å²) in [5.41, 5.74) is 0. The highest BCUT2D eigenvalue weighted by atomic mass is 16.6. The van der Waals surface area contributed by atoms with Crippen molar-refractivity contribution in [1.29, 1.82) is 0 Å². The van der Waals surface area contributed by atoms with Crippen LogP contribution in [0.15, 0.2) is 24.3 Å². The number of hydrogen-bond donors (Lipinski definition) is 0. The lowest BCUT2D eigenvalue weighted by molar-refractivity contribution is -0.141. The van der Waals surface area contributed by atoms with Gasteiger partial charge in [-0.2, -0.15) is 0 Å². The minimum absolute atomic E-state index is 0.108. The largest absolute Gasteiger partial charge is 0.487 e. The van der Waals surface area contributed by atoms with Crippen LogP contribution in [0.1, 0.15) is 6.92 Å². The van der Waals surface area contributed by atoms with Crippen LogP contribution in [-0.2, 0) is 19.1 Å². The molecule has 1 fully saturated rings. The van der Waals surface area contributed by atoms with Gasteiger partial charge in [-0.25, -0.2) is 0 Å². The van der Waals surface area contributed by atoms with Crippen molar-refractivity contribution in [2.45, 2.75) is 19.1 Å². The van der Waals surface area contributed by atoms with Gasteiger partial charge in [0.1, 0.15) is 25.4 Å². The standard InChI is InChI=1S/C13H14O6/c1-9(15)16-6-12-13(19-12)7-17-10-4-2-3-5-11(10)18-8-14/h2-5,8,12-13H,6-7H2,1H3. The molecule has 0 saturated carbocycles. The van der Waals surface area contributed by atoms with E-state index in [0.717, 1.165) is 0 Å². The van der Waals surface area contributed by atoms with Gasteiger partial charge in [0.25, 0.3) is 6.47 Å². The topological polar surface area (TPSA) is 74.4 Å². The van der Waals surface area contributed by atoms with Crippen molar-refractivity contribution in [2.75, 3.05) is 13.2 Å². The molecule has 2 rings (SSSR count). The average Bonchev–Trinajstić information content (AvgIpc) is 3.14. The summed E-state index contributed by atoms with van der Waals surface area (Å²) in [7, 11) is 0. The first-order chi connectivity index (χ1) is 9.20. The van der Waals surface area contributed by atoms with E-state index in [1.165, 1.54) is 6.92 Å². The van der Waals surface area contributed by atoms with Crippen LogP contribution in [0.2, 0.25) is 0 Å². The molecule has 1 aromatic rings. The van der Waals surface area contributed by atoms with E-state index in [1.807, 2.05) is 0 Å². The molecule has 0 bridgehead atoms. The van der Waals surface area contributed by atoms with Crippen molar-refractivity contribution in [2.24, 2.45) is 0 Å². The van der Waals surface area contributed by atoms with E-state index < -0.39 is 0 Å². The number of carbonyl (C=O) groups excluding carboxylic acids is 2. The van der Waals surface area contributed by atoms with Crippen LogP contribution in [-0.4, -0.2) is 37.9 Å². The predicted octanol–water partition coefficient (Wildman–Crippen LogP) is 0.931. The zero-order valence-electron chi connectivity index (χ0n) is 10.4. The molecule has 2 atom stereocenters. The van der Waals surface area contributed by atoms with Gasteiger partial charge >= 0.3 is 5.97 Å². The molecule has 19 heavy (non-hydrogen) atoms. The molecular formula is C13H14O6. The molecule has 6 heteroatoms. The number of para-hydroxylation sites is 2. The highest BCUT2D eigenvalue weighted by Gasteiger charge is 2.40. The molecule has 0 spiro atoms. The van der Waals surface area contributed by atoms with Crippen LogP contribution in [0.4, 0.5) is 0 Å². The summed E-state index contributed by atoms with van der Waals surface area (Å²) in [6, 6.07) is 6.84. The van der Waals surface area contributed by atoms with Gasteiger partial charge in [-0.1, -0.05) is 12.1 Å². The molecular weight excluding hydrogens is 252 g/mol. The van der Waals surface area contributed by atoms with Gasteiger partial charge in [-0.15, -0.1) is 0 Å². The third kappa shape index (κ3) is 3.96. The molecule has 0 aromatic heterocycles. The number of esters is 1. The normalized spacial score (nSPS) is 20.5. The van der Waals surface area contributed by atoms with Crippen LogP contribution >= 0.6 is 0 Å². The van der Waals surface area contributed by atoms with E-state index in [-0.39, 0.29) is 24.8 Å². The van der Waals surface area contributed by atoms with Gasteiger partial charge in [0.15, 0.2) is 11.5 Å². The Kier molecular flexibility index (Phi) is 4.35. The summed E-state index contributed by atoms with van der Waals surface area (Å²) in [5.74, 6) is 0.492. The fourth-order valence-electron chi connectivity index (χ4n) is 1.56. The van der Waals surface area contributed by atoms with E-state index in [2.05, 4.69) is 0 Å². The number of rotatable bonds is 7. The summed E-state index contributed by atoms with van der Waals surface area (Å²) in [4.78, 5) is 20.9. The first-order valence-corrected chi connectivity index (χ1v) is 5.81. The maximum atomic E-state index is 10.6. The maximum absolute atomic E-state index is 10.6. The van der Waals surface area contributed by atoms with Crippen molar-refractivity contribution in [3.63, 3.8) is 0 Å². The Balaban J connectivity index is 1.77. The van der Waals surface area contributed by atoms with Crippen LogP contribution in [0.5, 0.6) is 11.5 Å². The molecule has 102 valence electrons. The molecule has 6 nitrogen and oxygen atoms in total. The molecule has 1 aliphatic rings. The average molecular weight is 266 g/mol. The summed E-state index contributed by atoms with van der Waals surface area (Å²) in [6.07, 6.45) is -0.230. The highest BCUT2D eigenvalue weighted by Crippen LogP contribution is 2.29. The molecule has 1 aromatic carbocycles. The summed E-state index contributed by atoms with van der Waals surface area (Å²) in [6.45, 7) is 2.24. The monoisotopic (exact) mass is 266 g/mol. The second kappa shape index (κ2) is 6.19. The van der Waals surface area contributed by atoms with Gasteiger partial charge in [0.05, 0.1) is 0 Å². The van der Waals surface area contributed by atoms with Gasteiger partial charge in [-0.05, 0) is 12.1 Å². The second-order valence-corrected chi connectivity index (χ2v) is 3.99. The zero-order chi connectivity index (χ0) is 13.7. The number of hydrogen-bond acceptors (Lipinski definition) is 6. The number of carbonyl (C=O) groups is 2. The fourth-order valence-corrected chi connectivity index (χ4v) is 1.56. The zero-order valence-corrected chi connectivity index (χ0v) is 10.4. The van der Waals surface area contributed by atoms with Crippen LogP contribution < -0.4 is 9.47 Å². The summed E-state index contributed by atoms with van der Waals surface area (Å²) >= 11 is 0. The van der Waals surface area contributed by atoms with E-state index in [9.17, 15) is 9.59 Å². The van der Waals surface area contributed by atoms with Crippen molar-refractivity contribution in [3.8, 4) is 11.5 Å². The smallest absolute Gasteiger partial charge is 0.302 e. The Morgan fingerprint density at radius 1 is 1.26 bits per heavy atom. The molecule has 1 aliphatic heterocycles. The van der Waals surface area contributed by atoms with Gasteiger partial charge in [0, 0.05) is 6.92 Å². The van der Waals surface area contributed by atoms with Gasteiger partial charge in [-0.3, -0.25) is 9.59 Å². The Bertz CT molecular complexity index is 458. The molecule has 1 saturated heterocycles. The van der Waals surface area contributed by atoms with E-state index in [1.54, 1.807) is 24.3 Å². The molecule has 0 radical (unpaired) electrons. The predicted molar refractivity (Wildman–Crippen MR) is 63.9 cm³/mol. The number of ether oxygens (including phenoxy) is 4. The van der Waals surface area contributed by atoms with Crippen LogP contribution in [0.3, 0.4) is 0 Å². The molecule has 0 amide bonds. The Morgan fingerprint density at radius 2 is 1.95 bits per heavy atom. The molecule has 1 heterocycles. The van der Waals surface area contributed by atoms with E-state index in [0.29, 0.717) is 24.6 Å². The Hall–Kier alpha value is -2.08. The second-order valence-electron chi connectivity index (χ2n) is 3.99. The first-order valence-electron chi connectivity index (χ1n) is 5.81. The SMILES string of the molecule is CC(=O)OCC1OC1COc1ccccc1OC=O. The molecule has 0 aliphatic carbocycles. The Labute approximate surface area is 110 Å². The minimum Gasteiger partial charge on any atom is -0.487 e. The summed E-state index contributed by atoms with van der Waals surface area (Å²) < 4.78 is 20.4. The fraction of sp³-hybridized carbons (Fsp3) is 0.385. The number of epoxide rings is 1. The summed E-state index contributed by atoms with van der Waals surface area (Å²) in [5, 5.41) is 0. The first kappa shape index (κ1) is 13.4. The van der Waals surface area contributed by atoms with Gasteiger partial charge < -0.3 is 18.9 Å². The third-order valence-electron chi connectivity index (χ3n) is 2.57. The molecule has 2 unspecified atom stereocenters.